The number of nitrogens with zero attached hydrogens (tertiary/aromatic N) is 2. The third kappa shape index (κ3) is 3.77. The summed E-state index contributed by atoms with van der Waals surface area (Å²) in [5.74, 6) is 0.0336. The number of rotatable bonds is 4. The Labute approximate surface area is 139 Å². The number of carbonyl (C=O) groups is 1. The highest BCUT2D eigenvalue weighted by Crippen LogP contribution is 2.30. The van der Waals surface area contributed by atoms with Crippen LogP contribution >= 0.6 is 0 Å². The monoisotopic (exact) mass is 333 g/mol. The van der Waals surface area contributed by atoms with Crippen LogP contribution in [-0.4, -0.2) is 29.9 Å². The molecule has 0 saturated heterocycles. The smallest absolute Gasteiger partial charge is 0.407 e. The van der Waals surface area contributed by atoms with E-state index in [0.29, 0.717) is 16.8 Å². The van der Waals surface area contributed by atoms with Crippen molar-refractivity contribution in [2.24, 2.45) is 0 Å². The molecule has 2 rings (SSSR count). The van der Waals surface area contributed by atoms with Crippen LogP contribution in [0.2, 0.25) is 0 Å². The molecule has 0 atom stereocenters. The lowest BCUT2D eigenvalue weighted by atomic mass is 10.2. The van der Waals surface area contributed by atoms with Crippen molar-refractivity contribution in [1.29, 1.82) is 5.26 Å². The molecule has 0 aliphatic rings. The molecule has 1 aromatic carbocycles. The van der Waals surface area contributed by atoms with E-state index in [2.05, 4.69) is 5.32 Å². The van der Waals surface area contributed by atoms with Gasteiger partial charge >= 0.3 is 6.09 Å². The fourth-order valence-corrected chi connectivity index (χ4v) is 2.40. The van der Waals surface area contributed by atoms with Gasteiger partial charge in [-0.2, -0.15) is 5.26 Å². The number of hydrogen-bond acceptors (Lipinski definition) is 4. The van der Waals surface area contributed by atoms with Gasteiger partial charge in [-0.3, -0.25) is 0 Å². The van der Waals surface area contributed by atoms with E-state index < -0.39 is 17.5 Å². The molecule has 0 unspecified atom stereocenters. The van der Waals surface area contributed by atoms with Crippen molar-refractivity contribution in [3.05, 3.63) is 29.7 Å². The summed E-state index contributed by atoms with van der Waals surface area (Å²) in [6, 6.07) is 6.42. The number of ether oxygens (including phenoxy) is 2. The average molecular weight is 333 g/mol. The summed E-state index contributed by atoms with van der Waals surface area (Å²) in [6.07, 6.45) is -0.560. The van der Waals surface area contributed by atoms with Crippen LogP contribution < -0.4 is 10.1 Å². The molecule has 1 amide bonds. The summed E-state index contributed by atoms with van der Waals surface area (Å²) in [4.78, 5) is 11.7. The van der Waals surface area contributed by atoms with Crippen molar-refractivity contribution in [1.82, 2.24) is 9.88 Å². The Kier molecular flexibility index (Phi) is 4.98. The van der Waals surface area contributed by atoms with Crippen molar-refractivity contribution in [2.75, 3.05) is 13.7 Å². The van der Waals surface area contributed by atoms with Gasteiger partial charge in [0.25, 0.3) is 0 Å². The van der Waals surface area contributed by atoms with Crippen molar-refractivity contribution < 1.29 is 18.7 Å². The number of nitriles is 1. The van der Waals surface area contributed by atoms with Crippen LogP contribution in [-0.2, 0) is 11.3 Å². The number of alkyl carbamates (subject to hydrolysis) is 1. The SMILES string of the molecule is COc1ccc(F)c2c1cc(C#N)n2CCNC(=O)OC(C)(C)C. The van der Waals surface area contributed by atoms with Gasteiger partial charge in [0.2, 0.25) is 0 Å². The van der Waals surface area contributed by atoms with Gasteiger partial charge in [0.15, 0.2) is 0 Å². The predicted molar refractivity (Wildman–Crippen MR) is 87.4 cm³/mol. The number of carbonyl (C=O) groups excluding carboxylic acids is 1. The molecular formula is C17H20FN3O3. The zero-order valence-corrected chi connectivity index (χ0v) is 14.1. The Morgan fingerprint density at radius 3 is 2.71 bits per heavy atom. The van der Waals surface area contributed by atoms with Crippen molar-refractivity contribution in [3.63, 3.8) is 0 Å². The summed E-state index contributed by atoms with van der Waals surface area (Å²) in [5.41, 5.74) is -0.0297. The first-order valence-corrected chi connectivity index (χ1v) is 7.49. The van der Waals surface area contributed by atoms with Gasteiger partial charge in [0, 0.05) is 18.5 Å². The second-order valence-corrected chi connectivity index (χ2v) is 6.23. The zero-order valence-electron chi connectivity index (χ0n) is 14.1. The van der Waals surface area contributed by atoms with E-state index in [1.807, 2.05) is 6.07 Å². The quantitative estimate of drug-likeness (QED) is 0.932. The standard InChI is InChI=1S/C17H20FN3O3/c1-17(2,3)24-16(22)20-7-8-21-11(10-19)9-12-14(23-4)6-5-13(18)15(12)21/h5-6,9H,7-8H2,1-4H3,(H,20,22). The number of nitrogens with one attached hydrogen (secondary N) is 1. The third-order valence-corrected chi connectivity index (χ3v) is 3.31. The summed E-state index contributed by atoms with van der Waals surface area (Å²) in [5, 5.41) is 12.4. The van der Waals surface area contributed by atoms with Crippen LogP contribution in [0.5, 0.6) is 5.75 Å². The lowest BCUT2D eigenvalue weighted by Crippen LogP contribution is -2.34. The molecule has 0 bridgehead atoms. The molecule has 2 aromatic rings. The van der Waals surface area contributed by atoms with E-state index in [0.717, 1.165) is 0 Å². The second-order valence-electron chi connectivity index (χ2n) is 6.23. The van der Waals surface area contributed by atoms with Gasteiger partial charge < -0.3 is 19.4 Å². The van der Waals surface area contributed by atoms with Gasteiger partial charge in [0.05, 0.1) is 12.6 Å². The van der Waals surface area contributed by atoms with Gasteiger partial charge in [-0.1, -0.05) is 0 Å². The molecule has 24 heavy (non-hydrogen) atoms. The Morgan fingerprint density at radius 2 is 2.12 bits per heavy atom. The number of methoxy groups -OCH3 is 1. The molecule has 0 spiro atoms. The number of benzene rings is 1. The van der Waals surface area contributed by atoms with Crippen molar-refractivity contribution in [2.45, 2.75) is 32.9 Å². The van der Waals surface area contributed by atoms with Crippen LogP contribution in [0.25, 0.3) is 10.9 Å². The maximum atomic E-state index is 14.2. The lowest BCUT2D eigenvalue weighted by molar-refractivity contribution is 0.0526. The maximum Gasteiger partial charge on any atom is 0.407 e. The van der Waals surface area contributed by atoms with Crippen LogP contribution in [0.4, 0.5) is 9.18 Å². The Morgan fingerprint density at radius 1 is 1.42 bits per heavy atom. The fourth-order valence-electron chi connectivity index (χ4n) is 2.40. The lowest BCUT2D eigenvalue weighted by Gasteiger charge is -2.19. The van der Waals surface area contributed by atoms with Crippen LogP contribution in [0.1, 0.15) is 26.5 Å². The maximum absolute atomic E-state index is 14.2. The van der Waals surface area contributed by atoms with Crippen LogP contribution in [0, 0.1) is 17.1 Å². The highest BCUT2D eigenvalue weighted by atomic mass is 19.1. The first kappa shape index (κ1) is 17.6. The van der Waals surface area contributed by atoms with E-state index in [1.165, 1.54) is 23.8 Å². The van der Waals surface area contributed by atoms with E-state index >= 15 is 0 Å². The topological polar surface area (TPSA) is 76.3 Å². The molecule has 0 fully saturated rings. The first-order valence-electron chi connectivity index (χ1n) is 7.49. The van der Waals surface area contributed by atoms with Gasteiger partial charge in [0.1, 0.15) is 28.9 Å². The Balaban J connectivity index is 2.23. The second kappa shape index (κ2) is 6.79. The summed E-state index contributed by atoms with van der Waals surface area (Å²) in [7, 11) is 1.49. The van der Waals surface area contributed by atoms with E-state index in [9.17, 15) is 14.4 Å². The minimum atomic E-state index is -0.596. The number of amides is 1. The van der Waals surface area contributed by atoms with Crippen molar-refractivity contribution in [3.8, 4) is 11.8 Å². The predicted octanol–water partition coefficient (Wildman–Crippen LogP) is 3.19. The number of halogens is 1. The van der Waals surface area contributed by atoms with Gasteiger partial charge in [-0.05, 0) is 39.0 Å². The Bertz CT molecular complexity index is 800. The molecule has 0 aliphatic heterocycles. The number of aromatic nitrogens is 1. The highest BCUT2D eigenvalue weighted by molar-refractivity contribution is 5.88. The molecule has 1 N–H and O–H groups in total. The molecule has 7 heteroatoms. The summed E-state index contributed by atoms with van der Waals surface area (Å²) in [6.45, 7) is 5.73. The minimum Gasteiger partial charge on any atom is -0.496 e. The molecule has 6 nitrogen and oxygen atoms in total. The highest BCUT2D eigenvalue weighted by Gasteiger charge is 2.18. The fraction of sp³-hybridized carbons (Fsp3) is 0.412. The Hall–Kier alpha value is -2.75. The molecule has 1 heterocycles. The summed E-state index contributed by atoms with van der Waals surface area (Å²) >= 11 is 0. The first-order chi connectivity index (χ1) is 11.3. The molecular weight excluding hydrogens is 313 g/mol. The molecule has 1 aromatic heterocycles. The van der Waals surface area contributed by atoms with E-state index in [1.54, 1.807) is 26.8 Å². The number of hydrogen-bond donors (Lipinski definition) is 1. The van der Waals surface area contributed by atoms with E-state index in [-0.39, 0.29) is 18.6 Å². The van der Waals surface area contributed by atoms with Gasteiger partial charge in [-0.15, -0.1) is 0 Å². The van der Waals surface area contributed by atoms with Crippen LogP contribution in [0.3, 0.4) is 0 Å². The van der Waals surface area contributed by atoms with Gasteiger partial charge in [-0.25, -0.2) is 9.18 Å². The third-order valence-electron chi connectivity index (χ3n) is 3.31. The summed E-state index contributed by atoms with van der Waals surface area (Å²) < 4.78 is 26.1. The molecule has 0 saturated carbocycles. The van der Waals surface area contributed by atoms with Crippen molar-refractivity contribution >= 4 is 17.0 Å². The minimum absolute atomic E-state index is 0.198. The molecule has 128 valence electrons. The number of fused-ring (bicyclic) bond motifs is 1. The zero-order chi connectivity index (χ0) is 17.9. The van der Waals surface area contributed by atoms with E-state index in [4.69, 9.17) is 9.47 Å². The molecule has 0 aliphatic carbocycles. The normalized spacial score (nSPS) is 11.2. The van der Waals surface area contributed by atoms with Crippen LogP contribution in [0.15, 0.2) is 18.2 Å². The average Bonchev–Trinajstić information content (AvgIpc) is 2.85. The molecule has 0 radical (unpaired) electrons. The largest absolute Gasteiger partial charge is 0.496 e.